The van der Waals surface area contributed by atoms with Gasteiger partial charge in [-0.05, 0) is 29.3 Å². The summed E-state index contributed by atoms with van der Waals surface area (Å²) in [6, 6.07) is 23.3. The maximum atomic E-state index is 12.4. The summed E-state index contributed by atoms with van der Waals surface area (Å²) in [6.45, 7) is 2.47. The van der Waals surface area contributed by atoms with E-state index in [1.54, 1.807) is 0 Å². The Morgan fingerprint density at radius 1 is 0.960 bits per heavy atom. The first-order valence-electron chi connectivity index (χ1n) is 8.63. The minimum Gasteiger partial charge on any atom is -0.387 e. The van der Waals surface area contributed by atoms with Gasteiger partial charge < -0.3 is 10.4 Å². The number of nitrogens with one attached hydrogen (secondary N) is 1. The van der Waals surface area contributed by atoms with E-state index < -0.39 is 6.10 Å². The molecule has 0 spiro atoms. The number of aliphatic hydroxyl groups is 1. The fourth-order valence-corrected chi connectivity index (χ4v) is 2.97. The molecule has 3 nitrogen and oxygen atoms in total. The Kier molecular flexibility index (Phi) is 5.59. The Bertz CT molecular complexity index is 845. The minimum atomic E-state index is -0.586. The zero-order chi connectivity index (χ0) is 17.6. The molecule has 0 aromatic heterocycles. The molecule has 128 valence electrons. The molecule has 0 saturated carbocycles. The van der Waals surface area contributed by atoms with Crippen molar-refractivity contribution in [3.63, 3.8) is 0 Å². The minimum absolute atomic E-state index is 0.111. The van der Waals surface area contributed by atoms with Crippen LogP contribution in [0.4, 0.5) is 0 Å². The lowest BCUT2D eigenvalue weighted by Crippen LogP contribution is -2.33. The summed E-state index contributed by atoms with van der Waals surface area (Å²) >= 11 is 0. The molecule has 0 saturated heterocycles. The molecule has 0 aliphatic heterocycles. The van der Waals surface area contributed by atoms with Crippen LogP contribution in [0.3, 0.4) is 0 Å². The zero-order valence-electron chi connectivity index (χ0n) is 14.4. The van der Waals surface area contributed by atoms with E-state index in [4.69, 9.17) is 0 Å². The number of fused-ring (bicyclic) bond motifs is 1. The quantitative estimate of drug-likeness (QED) is 0.639. The molecule has 0 aliphatic rings. The summed E-state index contributed by atoms with van der Waals surface area (Å²) in [5.74, 6) is 0.111. The summed E-state index contributed by atoms with van der Waals surface area (Å²) in [6.07, 6.45) is -0.179. The van der Waals surface area contributed by atoms with E-state index in [-0.39, 0.29) is 11.8 Å². The predicted octanol–water partition coefficient (Wildman–Crippen LogP) is 4.12. The van der Waals surface area contributed by atoms with Crippen molar-refractivity contribution in [2.75, 3.05) is 6.54 Å². The Hall–Kier alpha value is -2.49. The van der Waals surface area contributed by atoms with E-state index in [0.29, 0.717) is 13.0 Å². The van der Waals surface area contributed by atoms with Crippen LogP contribution in [-0.2, 0) is 0 Å². The summed E-state index contributed by atoms with van der Waals surface area (Å²) in [5.41, 5.74) is 1.61. The van der Waals surface area contributed by atoms with Gasteiger partial charge in [-0.25, -0.2) is 0 Å². The van der Waals surface area contributed by atoms with Crippen LogP contribution in [0.5, 0.6) is 0 Å². The van der Waals surface area contributed by atoms with Gasteiger partial charge in [0.25, 0.3) is 0 Å². The van der Waals surface area contributed by atoms with Crippen molar-refractivity contribution >= 4 is 16.6 Å². The van der Waals surface area contributed by atoms with Gasteiger partial charge in [0.2, 0.25) is 0 Å². The average Bonchev–Trinajstić information content (AvgIpc) is 2.67. The molecule has 3 aromatic carbocycles. The monoisotopic (exact) mass is 333 g/mol. The fourth-order valence-electron chi connectivity index (χ4n) is 2.97. The maximum absolute atomic E-state index is 12.4. The number of hydrogen-bond acceptors (Lipinski definition) is 3. The molecular formula is C22H23NO2. The number of benzene rings is 3. The molecule has 0 amide bonds. The van der Waals surface area contributed by atoms with Crippen molar-refractivity contribution in [3.8, 4) is 0 Å². The Morgan fingerprint density at radius 3 is 2.40 bits per heavy atom. The average molecular weight is 333 g/mol. The number of hydrogen-bond donors (Lipinski definition) is 2. The molecule has 25 heavy (non-hydrogen) atoms. The third-order valence-corrected chi connectivity index (χ3v) is 4.50. The second-order valence-electron chi connectivity index (χ2n) is 6.33. The van der Waals surface area contributed by atoms with E-state index in [0.717, 1.165) is 21.9 Å². The molecule has 3 aromatic rings. The van der Waals surface area contributed by atoms with Gasteiger partial charge in [-0.2, -0.15) is 0 Å². The van der Waals surface area contributed by atoms with Crippen molar-refractivity contribution < 1.29 is 9.90 Å². The number of Topliss-reactive ketones (excluding diaryl/α,β-unsaturated/α-hetero) is 1. The third kappa shape index (κ3) is 4.32. The predicted molar refractivity (Wildman–Crippen MR) is 102 cm³/mol. The number of rotatable bonds is 7. The van der Waals surface area contributed by atoms with Crippen LogP contribution >= 0.6 is 0 Å². The highest BCUT2D eigenvalue weighted by Gasteiger charge is 2.16. The van der Waals surface area contributed by atoms with Crippen LogP contribution in [0.15, 0.2) is 72.8 Å². The van der Waals surface area contributed by atoms with E-state index in [1.807, 2.05) is 79.7 Å². The number of aliphatic hydroxyl groups excluding tert-OH is 1. The van der Waals surface area contributed by atoms with E-state index in [9.17, 15) is 9.90 Å². The summed E-state index contributed by atoms with van der Waals surface area (Å²) < 4.78 is 0. The van der Waals surface area contributed by atoms with Gasteiger partial charge in [0.1, 0.15) is 0 Å². The number of carbonyl (C=O) groups is 1. The van der Waals surface area contributed by atoms with Gasteiger partial charge in [0, 0.05) is 24.6 Å². The number of carbonyl (C=O) groups excluding carboxylic acids is 1. The molecule has 0 fully saturated rings. The van der Waals surface area contributed by atoms with E-state index in [2.05, 4.69) is 5.32 Å². The summed E-state index contributed by atoms with van der Waals surface area (Å²) in [4.78, 5) is 12.4. The van der Waals surface area contributed by atoms with Crippen LogP contribution in [-0.4, -0.2) is 23.5 Å². The zero-order valence-corrected chi connectivity index (χ0v) is 14.4. The van der Waals surface area contributed by atoms with Crippen molar-refractivity contribution in [1.29, 1.82) is 0 Å². The Labute approximate surface area is 148 Å². The van der Waals surface area contributed by atoms with Crippen LogP contribution in [0.2, 0.25) is 0 Å². The molecule has 0 heterocycles. The largest absolute Gasteiger partial charge is 0.387 e. The Morgan fingerprint density at radius 2 is 1.64 bits per heavy atom. The molecule has 3 heteroatoms. The molecule has 0 bridgehead atoms. The first-order chi connectivity index (χ1) is 12.1. The maximum Gasteiger partial charge on any atom is 0.164 e. The van der Waals surface area contributed by atoms with Crippen LogP contribution in [0, 0.1) is 0 Å². The van der Waals surface area contributed by atoms with E-state index >= 15 is 0 Å². The van der Waals surface area contributed by atoms with Gasteiger partial charge in [-0.3, -0.25) is 4.79 Å². The first kappa shape index (κ1) is 17.3. The lowest BCUT2D eigenvalue weighted by Gasteiger charge is -2.20. The fraction of sp³-hybridized carbons (Fsp3) is 0.227. The molecule has 2 unspecified atom stereocenters. The highest BCUT2D eigenvalue weighted by atomic mass is 16.3. The van der Waals surface area contributed by atoms with Crippen molar-refractivity contribution in [1.82, 2.24) is 5.32 Å². The van der Waals surface area contributed by atoms with Crippen LogP contribution in [0.1, 0.15) is 35.4 Å². The molecule has 0 radical (unpaired) electrons. The van der Waals surface area contributed by atoms with Gasteiger partial charge in [-0.15, -0.1) is 0 Å². The lowest BCUT2D eigenvalue weighted by molar-refractivity contribution is 0.0972. The van der Waals surface area contributed by atoms with Gasteiger partial charge in [0.15, 0.2) is 5.78 Å². The third-order valence-electron chi connectivity index (χ3n) is 4.50. The van der Waals surface area contributed by atoms with Crippen LogP contribution < -0.4 is 5.32 Å². The van der Waals surface area contributed by atoms with Crippen molar-refractivity contribution in [2.24, 2.45) is 0 Å². The standard InChI is InChI=1S/C22H23NO2/c1-16(22(25)18-8-3-2-4-9-18)23-14-13-21(24)20-12-11-17-7-5-6-10-19(17)15-20/h2-12,15-16,22-23,25H,13-14H2,1H3. The normalized spacial score (nSPS) is 13.5. The van der Waals surface area contributed by atoms with Gasteiger partial charge in [-0.1, -0.05) is 66.7 Å². The number of ketones is 1. The molecular weight excluding hydrogens is 310 g/mol. The molecule has 0 aliphatic carbocycles. The Balaban J connectivity index is 1.54. The van der Waals surface area contributed by atoms with Crippen molar-refractivity contribution in [2.45, 2.75) is 25.5 Å². The first-order valence-corrected chi connectivity index (χ1v) is 8.63. The molecule has 2 N–H and O–H groups in total. The van der Waals surface area contributed by atoms with Crippen molar-refractivity contribution in [3.05, 3.63) is 83.9 Å². The second-order valence-corrected chi connectivity index (χ2v) is 6.33. The topological polar surface area (TPSA) is 49.3 Å². The molecule has 2 atom stereocenters. The van der Waals surface area contributed by atoms with Gasteiger partial charge in [0.05, 0.1) is 6.10 Å². The van der Waals surface area contributed by atoms with Gasteiger partial charge >= 0.3 is 0 Å². The summed E-state index contributed by atoms with van der Waals surface area (Å²) in [7, 11) is 0. The highest BCUT2D eigenvalue weighted by molar-refractivity contribution is 6.00. The van der Waals surface area contributed by atoms with E-state index in [1.165, 1.54) is 0 Å². The molecule has 3 rings (SSSR count). The summed E-state index contributed by atoms with van der Waals surface area (Å²) in [5, 5.41) is 15.8. The smallest absolute Gasteiger partial charge is 0.164 e. The second kappa shape index (κ2) is 8.06. The highest BCUT2D eigenvalue weighted by Crippen LogP contribution is 2.18. The SMILES string of the molecule is CC(NCCC(=O)c1ccc2ccccc2c1)C(O)c1ccccc1. The van der Waals surface area contributed by atoms with Crippen LogP contribution in [0.25, 0.3) is 10.8 Å². The lowest BCUT2D eigenvalue weighted by atomic mass is 10.0.